The van der Waals surface area contributed by atoms with E-state index in [1.54, 1.807) is 29.2 Å². The number of nitrogens with one attached hydrogen (secondary N) is 1. The molecule has 9 heteroatoms. The lowest BCUT2D eigenvalue weighted by molar-refractivity contribution is -0.132. The van der Waals surface area contributed by atoms with Gasteiger partial charge in [-0.05, 0) is 54.8 Å². The van der Waals surface area contributed by atoms with Crippen LogP contribution in [0.5, 0.6) is 17.2 Å². The summed E-state index contributed by atoms with van der Waals surface area (Å²) in [6.07, 6.45) is 2.25. The molecule has 178 valence electrons. The van der Waals surface area contributed by atoms with Crippen molar-refractivity contribution in [2.45, 2.75) is 25.8 Å². The predicted molar refractivity (Wildman–Crippen MR) is 123 cm³/mol. The van der Waals surface area contributed by atoms with Crippen LogP contribution in [-0.4, -0.2) is 55.7 Å². The van der Waals surface area contributed by atoms with Gasteiger partial charge in [0.1, 0.15) is 5.75 Å². The predicted octanol–water partition coefficient (Wildman–Crippen LogP) is 2.09. The molecule has 2 fully saturated rings. The minimum Gasteiger partial charge on any atom is -0.484 e. The van der Waals surface area contributed by atoms with Crippen LogP contribution in [0.4, 0.5) is 5.69 Å². The van der Waals surface area contributed by atoms with Crippen molar-refractivity contribution in [3.63, 3.8) is 0 Å². The van der Waals surface area contributed by atoms with Crippen LogP contribution in [0.2, 0.25) is 0 Å². The first-order valence-corrected chi connectivity index (χ1v) is 11.5. The summed E-state index contributed by atoms with van der Waals surface area (Å²) in [5, 5.41) is 2.91. The number of nitrogens with zero attached hydrogens (tertiary/aromatic N) is 2. The molecule has 1 atom stereocenters. The molecule has 2 aromatic rings. The number of ether oxygens (including phenoxy) is 3. The smallest absolute Gasteiger partial charge is 0.260 e. The van der Waals surface area contributed by atoms with Gasteiger partial charge in [0.2, 0.25) is 18.6 Å². The van der Waals surface area contributed by atoms with Gasteiger partial charge in [0.15, 0.2) is 18.1 Å². The third kappa shape index (κ3) is 4.78. The Morgan fingerprint density at radius 3 is 2.59 bits per heavy atom. The molecule has 0 aliphatic carbocycles. The highest BCUT2D eigenvalue weighted by molar-refractivity contribution is 6.00. The first kappa shape index (κ1) is 22.1. The molecule has 5 rings (SSSR count). The number of amides is 3. The molecule has 2 aromatic carbocycles. The number of benzene rings is 2. The van der Waals surface area contributed by atoms with E-state index >= 15 is 0 Å². The fraction of sp³-hybridized carbons (Fsp3) is 0.400. The largest absolute Gasteiger partial charge is 0.484 e. The molecule has 3 amide bonds. The van der Waals surface area contributed by atoms with Crippen molar-refractivity contribution in [1.29, 1.82) is 0 Å². The Bertz CT molecular complexity index is 1080. The van der Waals surface area contributed by atoms with Crippen LogP contribution in [0.3, 0.4) is 0 Å². The summed E-state index contributed by atoms with van der Waals surface area (Å²) in [5.74, 6) is 1.25. The molecule has 34 heavy (non-hydrogen) atoms. The average Bonchev–Trinajstić information content (AvgIpc) is 3.62. The average molecular weight is 466 g/mol. The van der Waals surface area contributed by atoms with Gasteiger partial charge in [-0.25, -0.2) is 0 Å². The fourth-order valence-corrected chi connectivity index (χ4v) is 4.44. The van der Waals surface area contributed by atoms with Crippen molar-refractivity contribution in [3.8, 4) is 17.2 Å². The van der Waals surface area contributed by atoms with Gasteiger partial charge in [0.25, 0.3) is 5.91 Å². The second-order valence-electron chi connectivity index (χ2n) is 8.68. The van der Waals surface area contributed by atoms with Crippen LogP contribution in [0.25, 0.3) is 0 Å². The highest BCUT2D eigenvalue weighted by Crippen LogP contribution is 2.32. The van der Waals surface area contributed by atoms with Crippen LogP contribution in [0.15, 0.2) is 42.5 Å². The third-order valence-corrected chi connectivity index (χ3v) is 6.37. The highest BCUT2D eigenvalue weighted by atomic mass is 16.7. The van der Waals surface area contributed by atoms with E-state index in [4.69, 9.17) is 14.2 Å². The fourth-order valence-electron chi connectivity index (χ4n) is 4.44. The van der Waals surface area contributed by atoms with Gasteiger partial charge < -0.3 is 29.3 Å². The van der Waals surface area contributed by atoms with E-state index in [1.165, 1.54) is 0 Å². The summed E-state index contributed by atoms with van der Waals surface area (Å²) in [7, 11) is 0. The lowest BCUT2D eigenvalue weighted by Gasteiger charge is -2.18. The van der Waals surface area contributed by atoms with Crippen molar-refractivity contribution in [1.82, 2.24) is 10.2 Å². The van der Waals surface area contributed by atoms with Gasteiger partial charge >= 0.3 is 0 Å². The zero-order valence-electron chi connectivity index (χ0n) is 18.8. The van der Waals surface area contributed by atoms with E-state index in [2.05, 4.69) is 5.32 Å². The molecule has 0 aromatic heterocycles. The molecular weight excluding hydrogens is 438 g/mol. The standard InChI is InChI=1S/C25H27N3O6/c29-23-12-18(25(31)26-13-17-3-8-21-22(11-17)34-16-33-21)14-28(23)19-4-6-20(7-5-19)32-15-24(30)27-9-1-2-10-27/h3-8,11,18H,1-2,9-10,12-16H2,(H,26,31)/t18-/m0/s1. The maximum atomic E-state index is 12.7. The second-order valence-corrected chi connectivity index (χ2v) is 8.68. The maximum Gasteiger partial charge on any atom is 0.260 e. The molecule has 9 nitrogen and oxygen atoms in total. The number of fused-ring (bicyclic) bond motifs is 1. The minimum atomic E-state index is -0.421. The van der Waals surface area contributed by atoms with Gasteiger partial charge in [0.05, 0.1) is 5.92 Å². The number of likely N-dealkylation sites (tertiary alicyclic amines) is 1. The van der Waals surface area contributed by atoms with E-state index in [0.717, 1.165) is 31.5 Å². The van der Waals surface area contributed by atoms with E-state index in [1.807, 2.05) is 23.1 Å². The van der Waals surface area contributed by atoms with E-state index in [9.17, 15) is 14.4 Å². The molecule has 3 aliphatic heterocycles. The number of carbonyl (C=O) groups excluding carboxylic acids is 3. The van der Waals surface area contributed by atoms with Crippen molar-refractivity contribution in [3.05, 3.63) is 48.0 Å². The quantitative estimate of drug-likeness (QED) is 0.673. The Hall–Kier alpha value is -3.75. The van der Waals surface area contributed by atoms with Crippen molar-refractivity contribution in [2.75, 3.05) is 37.9 Å². The van der Waals surface area contributed by atoms with E-state index in [-0.39, 0.29) is 37.5 Å². The monoisotopic (exact) mass is 465 g/mol. The molecule has 0 bridgehead atoms. The normalized spacial score (nSPS) is 18.9. The second kappa shape index (κ2) is 9.62. The summed E-state index contributed by atoms with van der Waals surface area (Å²) in [4.78, 5) is 40.8. The molecular formula is C25H27N3O6. The molecule has 0 spiro atoms. The number of hydrogen-bond donors (Lipinski definition) is 1. The van der Waals surface area contributed by atoms with Crippen LogP contribution >= 0.6 is 0 Å². The first-order valence-electron chi connectivity index (χ1n) is 11.5. The van der Waals surface area contributed by atoms with Crippen LogP contribution in [-0.2, 0) is 20.9 Å². The van der Waals surface area contributed by atoms with Gasteiger partial charge in [0, 0.05) is 38.3 Å². The first-order chi connectivity index (χ1) is 16.6. The Kier molecular flexibility index (Phi) is 6.24. The van der Waals surface area contributed by atoms with E-state index in [0.29, 0.717) is 36.0 Å². The number of hydrogen-bond acceptors (Lipinski definition) is 6. The molecule has 3 aliphatic rings. The Labute approximate surface area is 197 Å². The summed E-state index contributed by atoms with van der Waals surface area (Å²) in [6.45, 7) is 2.47. The van der Waals surface area contributed by atoms with Gasteiger partial charge in [-0.15, -0.1) is 0 Å². The van der Waals surface area contributed by atoms with Crippen LogP contribution in [0, 0.1) is 5.92 Å². The molecule has 1 N–H and O–H groups in total. The third-order valence-electron chi connectivity index (χ3n) is 6.37. The highest BCUT2D eigenvalue weighted by Gasteiger charge is 2.35. The topological polar surface area (TPSA) is 97.4 Å². The van der Waals surface area contributed by atoms with Gasteiger partial charge in [-0.1, -0.05) is 6.07 Å². The Morgan fingerprint density at radius 2 is 1.79 bits per heavy atom. The lowest BCUT2D eigenvalue weighted by atomic mass is 10.1. The molecule has 2 saturated heterocycles. The van der Waals surface area contributed by atoms with Crippen LogP contribution in [0.1, 0.15) is 24.8 Å². The SMILES string of the molecule is O=C(NCc1ccc2c(c1)OCO2)[C@H]1CC(=O)N(c2ccc(OCC(=O)N3CCCC3)cc2)C1. The molecule has 0 unspecified atom stereocenters. The Balaban J connectivity index is 1.12. The summed E-state index contributed by atoms with van der Waals surface area (Å²) >= 11 is 0. The number of anilines is 1. The zero-order chi connectivity index (χ0) is 23.5. The van der Waals surface area contributed by atoms with Gasteiger partial charge in [-0.3, -0.25) is 14.4 Å². The number of rotatable bonds is 7. The number of carbonyl (C=O) groups is 3. The summed E-state index contributed by atoms with van der Waals surface area (Å²) in [5.41, 5.74) is 1.60. The summed E-state index contributed by atoms with van der Waals surface area (Å²) in [6, 6.07) is 12.6. The zero-order valence-corrected chi connectivity index (χ0v) is 18.8. The van der Waals surface area contributed by atoms with Crippen molar-refractivity contribution in [2.24, 2.45) is 5.92 Å². The lowest BCUT2D eigenvalue weighted by Crippen LogP contribution is -2.32. The maximum absolute atomic E-state index is 12.7. The molecule has 0 saturated carbocycles. The van der Waals surface area contributed by atoms with Crippen LogP contribution < -0.4 is 24.4 Å². The molecule has 0 radical (unpaired) electrons. The minimum absolute atomic E-state index is 0.00755. The van der Waals surface area contributed by atoms with Crippen molar-refractivity contribution >= 4 is 23.4 Å². The van der Waals surface area contributed by atoms with E-state index < -0.39 is 5.92 Å². The van der Waals surface area contributed by atoms with Gasteiger partial charge in [-0.2, -0.15) is 0 Å². The Morgan fingerprint density at radius 1 is 1.03 bits per heavy atom. The summed E-state index contributed by atoms with van der Waals surface area (Å²) < 4.78 is 16.3. The van der Waals surface area contributed by atoms with Crippen molar-refractivity contribution < 1.29 is 28.6 Å². The molecule has 3 heterocycles.